The molecule has 6 nitrogen and oxygen atoms in total. The molecule has 0 rings (SSSR count). The van der Waals surface area contributed by atoms with Crippen molar-refractivity contribution in [2.75, 3.05) is 0 Å². The molecule has 0 aliphatic heterocycles. The Balaban J connectivity index is 5.12. The molecule has 0 saturated heterocycles. The van der Waals surface area contributed by atoms with Gasteiger partial charge in [-0.1, -0.05) is 13.8 Å². The van der Waals surface area contributed by atoms with Gasteiger partial charge in [0.05, 0.1) is 0 Å². The van der Waals surface area contributed by atoms with Crippen LogP contribution >= 0.6 is 7.60 Å². The van der Waals surface area contributed by atoms with Crippen molar-refractivity contribution in [2.45, 2.75) is 58.4 Å². The van der Waals surface area contributed by atoms with Crippen molar-refractivity contribution in [1.82, 2.24) is 0 Å². The van der Waals surface area contributed by atoms with Crippen LogP contribution in [0.5, 0.6) is 0 Å². The number of hydrogen-bond acceptors (Lipinski definition) is 6. The molecule has 0 saturated carbocycles. The van der Waals surface area contributed by atoms with E-state index in [9.17, 15) is 4.57 Å². The second-order valence-electron chi connectivity index (χ2n) is 3.72. The third-order valence-corrected chi connectivity index (χ3v) is 5.24. The van der Waals surface area contributed by atoms with E-state index < -0.39 is 25.5 Å². The van der Waals surface area contributed by atoms with Gasteiger partial charge in [0, 0.05) is 0 Å². The van der Waals surface area contributed by atoms with Crippen molar-refractivity contribution in [3.8, 4) is 0 Å². The van der Waals surface area contributed by atoms with Crippen LogP contribution in [0.1, 0.15) is 40.5 Å². The number of aliphatic hydroxyl groups is 2. The van der Waals surface area contributed by atoms with Gasteiger partial charge < -0.3 is 15.9 Å². The van der Waals surface area contributed by atoms with Crippen LogP contribution in [-0.2, 0) is 13.6 Å². The number of hydrogen-bond donors (Lipinski definition) is 3. The maximum absolute atomic E-state index is 12.4. The molecule has 2 atom stereocenters. The molecule has 0 radical (unpaired) electrons. The predicted molar refractivity (Wildman–Crippen MR) is 60.6 cm³/mol. The smallest absolute Gasteiger partial charge is 0.354 e. The van der Waals surface area contributed by atoms with Gasteiger partial charge in [-0.15, -0.1) is 0 Å². The monoisotopic (exact) mass is 255 g/mol. The third kappa shape index (κ3) is 3.80. The lowest BCUT2D eigenvalue weighted by atomic mass is 10.2. The Labute approximate surface area is 96.3 Å². The first-order valence-corrected chi connectivity index (χ1v) is 6.87. The minimum absolute atomic E-state index is 0.347. The molecule has 0 aromatic carbocycles. The van der Waals surface area contributed by atoms with E-state index >= 15 is 0 Å². The topological polar surface area (TPSA) is 102 Å². The molecule has 0 aliphatic rings. The van der Waals surface area contributed by atoms with Gasteiger partial charge in [0.25, 0.3) is 0 Å². The molecule has 0 fully saturated rings. The van der Waals surface area contributed by atoms with E-state index in [1.54, 1.807) is 13.8 Å². The van der Waals surface area contributed by atoms with Crippen LogP contribution in [0, 0.1) is 0 Å². The molecule has 0 aliphatic carbocycles. The number of nitrogens with two attached hydrogens (primary N) is 1. The lowest BCUT2D eigenvalue weighted by molar-refractivity contribution is -0.0575. The van der Waals surface area contributed by atoms with Crippen molar-refractivity contribution >= 4 is 7.60 Å². The maximum Gasteiger partial charge on any atom is 0.354 e. The normalized spacial score (nSPS) is 20.2. The summed E-state index contributed by atoms with van der Waals surface area (Å²) in [5.41, 5.74) is 5.94. The van der Waals surface area contributed by atoms with Crippen molar-refractivity contribution in [1.29, 1.82) is 0 Å². The van der Waals surface area contributed by atoms with Crippen LogP contribution in [0.15, 0.2) is 0 Å². The summed E-state index contributed by atoms with van der Waals surface area (Å²) in [6.45, 7) is 6.10. The summed E-state index contributed by atoms with van der Waals surface area (Å²) in [4.78, 5) is 0. The molecule has 0 aromatic heterocycles. The van der Waals surface area contributed by atoms with Crippen LogP contribution < -0.4 is 5.73 Å². The summed E-state index contributed by atoms with van der Waals surface area (Å²) in [6, 6.07) is 0. The van der Waals surface area contributed by atoms with Crippen LogP contribution in [-0.4, -0.2) is 28.1 Å². The van der Waals surface area contributed by atoms with Crippen LogP contribution in [0.2, 0.25) is 0 Å². The van der Waals surface area contributed by atoms with Gasteiger partial charge in [-0.2, -0.15) is 0 Å². The Kier molecular flexibility index (Phi) is 6.11. The first kappa shape index (κ1) is 16.0. The zero-order valence-electron chi connectivity index (χ0n) is 10.2. The van der Waals surface area contributed by atoms with Gasteiger partial charge in [-0.3, -0.25) is 13.6 Å². The zero-order chi connectivity index (χ0) is 13.0. The largest absolute Gasteiger partial charge is 0.368 e. The molecule has 0 heterocycles. The molecule has 98 valence electrons. The van der Waals surface area contributed by atoms with E-state index in [0.29, 0.717) is 12.8 Å². The Hall–Kier alpha value is 0.0300. The van der Waals surface area contributed by atoms with Crippen LogP contribution in [0.25, 0.3) is 0 Å². The van der Waals surface area contributed by atoms with Gasteiger partial charge in [0.15, 0.2) is 12.6 Å². The van der Waals surface area contributed by atoms with E-state index in [2.05, 4.69) is 0 Å². The SMILES string of the molecule is CCC(N)(CC)P(=O)(OC(C)O)OC(C)O. The van der Waals surface area contributed by atoms with Gasteiger partial charge in [0.2, 0.25) is 0 Å². The molecular formula is C9H22NO5P. The first-order chi connectivity index (χ1) is 7.20. The fourth-order valence-electron chi connectivity index (χ4n) is 1.27. The van der Waals surface area contributed by atoms with E-state index in [-0.39, 0.29) is 0 Å². The van der Waals surface area contributed by atoms with E-state index in [4.69, 9.17) is 25.0 Å². The van der Waals surface area contributed by atoms with Gasteiger partial charge in [-0.05, 0) is 26.7 Å². The van der Waals surface area contributed by atoms with Gasteiger partial charge in [0.1, 0.15) is 5.28 Å². The summed E-state index contributed by atoms with van der Waals surface area (Å²) in [6.07, 6.45) is -1.85. The Morgan fingerprint density at radius 3 is 1.69 bits per heavy atom. The molecule has 0 bridgehead atoms. The maximum atomic E-state index is 12.4. The molecule has 16 heavy (non-hydrogen) atoms. The fraction of sp³-hybridized carbons (Fsp3) is 1.00. The van der Waals surface area contributed by atoms with Gasteiger partial charge in [-0.25, -0.2) is 0 Å². The molecule has 2 unspecified atom stereocenters. The highest BCUT2D eigenvalue weighted by atomic mass is 31.2. The van der Waals surface area contributed by atoms with Gasteiger partial charge >= 0.3 is 7.60 Å². The molecule has 7 heteroatoms. The summed E-state index contributed by atoms with van der Waals surface area (Å²) in [5, 5.41) is 17.1. The third-order valence-electron chi connectivity index (χ3n) is 2.35. The molecule has 0 amide bonds. The van der Waals surface area contributed by atoms with Crippen LogP contribution in [0.3, 0.4) is 0 Å². The summed E-state index contributed by atoms with van der Waals surface area (Å²) in [7, 11) is -3.78. The van der Waals surface area contributed by atoms with E-state index in [1.165, 1.54) is 13.8 Å². The molecule has 0 spiro atoms. The second-order valence-corrected chi connectivity index (χ2v) is 6.02. The second kappa shape index (κ2) is 6.10. The van der Waals surface area contributed by atoms with E-state index in [0.717, 1.165) is 0 Å². The van der Waals surface area contributed by atoms with Crippen molar-refractivity contribution in [2.24, 2.45) is 5.73 Å². The first-order valence-electron chi connectivity index (χ1n) is 5.32. The Morgan fingerprint density at radius 2 is 1.50 bits per heavy atom. The lowest BCUT2D eigenvalue weighted by Crippen LogP contribution is -2.41. The minimum atomic E-state index is -3.78. The highest BCUT2D eigenvalue weighted by Crippen LogP contribution is 2.61. The molecule has 4 N–H and O–H groups in total. The highest BCUT2D eigenvalue weighted by molar-refractivity contribution is 7.55. The quantitative estimate of drug-likeness (QED) is 0.469. The average Bonchev–Trinajstić information content (AvgIpc) is 2.13. The van der Waals surface area contributed by atoms with Crippen LogP contribution in [0.4, 0.5) is 0 Å². The number of rotatable bonds is 7. The summed E-state index contributed by atoms with van der Waals surface area (Å²) < 4.78 is 22.2. The summed E-state index contributed by atoms with van der Waals surface area (Å²) >= 11 is 0. The molecular weight excluding hydrogens is 233 g/mol. The van der Waals surface area contributed by atoms with Crippen molar-refractivity contribution in [3.05, 3.63) is 0 Å². The Morgan fingerprint density at radius 1 is 1.19 bits per heavy atom. The van der Waals surface area contributed by atoms with Crippen molar-refractivity contribution < 1.29 is 23.8 Å². The lowest BCUT2D eigenvalue weighted by Gasteiger charge is -2.35. The average molecular weight is 255 g/mol. The predicted octanol–water partition coefficient (Wildman–Crippen LogP) is 1.36. The Bertz CT molecular complexity index is 238. The fourth-order valence-corrected chi connectivity index (χ4v) is 3.32. The van der Waals surface area contributed by atoms with Crippen molar-refractivity contribution in [3.63, 3.8) is 0 Å². The zero-order valence-corrected chi connectivity index (χ0v) is 11.1. The highest BCUT2D eigenvalue weighted by Gasteiger charge is 2.47. The minimum Gasteiger partial charge on any atom is -0.368 e. The number of aliphatic hydroxyl groups excluding tert-OH is 2. The summed E-state index contributed by atoms with van der Waals surface area (Å²) in [5.74, 6) is 0. The molecule has 0 aromatic rings. The standard InChI is InChI=1S/C9H22NO5P/c1-5-9(10,6-2)16(13,14-7(3)11)15-8(4)12/h7-8,11-12H,5-6,10H2,1-4H3. The van der Waals surface area contributed by atoms with E-state index in [1.807, 2.05) is 0 Å².